The summed E-state index contributed by atoms with van der Waals surface area (Å²) in [5.74, 6) is 0.505. The van der Waals surface area contributed by atoms with Crippen molar-refractivity contribution in [2.45, 2.75) is 19.1 Å². The Labute approximate surface area is 131 Å². The molecule has 2 aromatic carbocycles. The van der Waals surface area contributed by atoms with Crippen LogP contribution in [0.15, 0.2) is 54.6 Å². The molecule has 0 saturated heterocycles. The van der Waals surface area contributed by atoms with E-state index in [2.05, 4.69) is 0 Å². The number of likely N-dealkylation sites (N-methyl/N-ethyl adjacent to an activating group) is 1. The molecule has 0 saturated carbocycles. The number of benzene rings is 2. The van der Waals surface area contributed by atoms with Crippen molar-refractivity contribution < 1.29 is 14.2 Å². The number of hydrogen-bond acceptors (Lipinski definition) is 3. The van der Waals surface area contributed by atoms with E-state index in [1.807, 2.05) is 49.2 Å². The second-order valence-electron chi connectivity index (χ2n) is 5.44. The highest BCUT2D eigenvalue weighted by Crippen LogP contribution is 2.19. The zero-order valence-corrected chi connectivity index (χ0v) is 12.9. The van der Waals surface area contributed by atoms with Crippen LogP contribution in [0.4, 0.5) is 4.39 Å². The Kier molecular flexibility index (Phi) is 5.92. The lowest BCUT2D eigenvalue weighted by atomic mass is 10.1. The van der Waals surface area contributed by atoms with Crippen molar-refractivity contribution in [2.75, 3.05) is 20.2 Å². The van der Waals surface area contributed by atoms with E-state index < -0.39 is 6.10 Å². The van der Waals surface area contributed by atoms with Crippen molar-refractivity contribution in [1.29, 1.82) is 0 Å². The van der Waals surface area contributed by atoms with Crippen LogP contribution in [0, 0.1) is 5.82 Å². The van der Waals surface area contributed by atoms with E-state index in [0.29, 0.717) is 6.54 Å². The summed E-state index contributed by atoms with van der Waals surface area (Å²) in [6, 6.07) is 16.0. The quantitative estimate of drug-likeness (QED) is 0.852. The van der Waals surface area contributed by atoms with Gasteiger partial charge in [-0.2, -0.15) is 0 Å². The standard InChI is InChI=1S/C18H22FNO2/c1-14(15-8-10-16(19)11-9-15)20(2)12-17(21)13-22-18-6-4-3-5-7-18/h3-11,14,17,21H,12-13H2,1-2H3. The average molecular weight is 303 g/mol. The van der Waals surface area contributed by atoms with Gasteiger partial charge < -0.3 is 9.84 Å². The molecule has 0 fully saturated rings. The van der Waals surface area contributed by atoms with Crippen LogP contribution in [-0.4, -0.2) is 36.3 Å². The molecule has 2 atom stereocenters. The number of nitrogens with zero attached hydrogens (tertiary/aromatic N) is 1. The fourth-order valence-electron chi connectivity index (χ4n) is 2.25. The van der Waals surface area contributed by atoms with Gasteiger partial charge >= 0.3 is 0 Å². The molecule has 22 heavy (non-hydrogen) atoms. The maximum absolute atomic E-state index is 13.0. The summed E-state index contributed by atoms with van der Waals surface area (Å²) < 4.78 is 18.5. The minimum atomic E-state index is -0.590. The summed E-state index contributed by atoms with van der Waals surface area (Å²) in [7, 11) is 1.93. The first-order valence-electron chi connectivity index (χ1n) is 7.38. The molecule has 0 aliphatic carbocycles. The van der Waals surface area contributed by atoms with Crippen LogP contribution >= 0.6 is 0 Å². The van der Waals surface area contributed by atoms with Crippen molar-refractivity contribution in [1.82, 2.24) is 4.90 Å². The minimum absolute atomic E-state index is 0.0898. The summed E-state index contributed by atoms with van der Waals surface area (Å²) in [4.78, 5) is 2.02. The number of halogens is 1. The Bertz CT molecular complexity index is 559. The van der Waals surface area contributed by atoms with Crippen molar-refractivity contribution in [3.63, 3.8) is 0 Å². The predicted molar refractivity (Wildman–Crippen MR) is 85.4 cm³/mol. The molecule has 0 radical (unpaired) electrons. The molecule has 0 bridgehead atoms. The molecule has 118 valence electrons. The van der Waals surface area contributed by atoms with Gasteiger partial charge in [0.1, 0.15) is 24.3 Å². The molecule has 0 aliphatic heterocycles. The highest BCUT2D eigenvalue weighted by molar-refractivity contribution is 5.21. The lowest BCUT2D eigenvalue weighted by molar-refractivity contribution is 0.0654. The first-order chi connectivity index (χ1) is 10.6. The number of hydrogen-bond donors (Lipinski definition) is 1. The third-order valence-electron chi connectivity index (χ3n) is 3.70. The summed E-state index contributed by atoms with van der Waals surface area (Å²) >= 11 is 0. The van der Waals surface area contributed by atoms with E-state index in [4.69, 9.17) is 4.74 Å². The average Bonchev–Trinajstić information content (AvgIpc) is 2.54. The predicted octanol–water partition coefficient (Wildman–Crippen LogP) is 3.26. The number of rotatable bonds is 7. The fraction of sp³-hybridized carbons (Fsp3) is 0.333. The van der Waals surface area contributed by atoms with Gasteiger partial charge in [-0.05, 0) is 43.8 Å². The highest BCUT2D eigenvalue weighted by Gasteiger charge is 2.16. The topological polar surface area (TPSA) is 32.7 Å². The fourth-order valence-corrected chi connectivity index (χ4v) is 2.25. The molecule has 1 N–H and O–H groups in total. The van der Waals surface area contributed by atoms with E-state index in [1.165, 1.54) is 12.1 Å². The van der Waals surface area contributed by atoms with Crippen LogP contribution in [0.1, 0.15) is 18.5 Å². The molecular formula is C18H22FNO2. The van der Waals surface area contributed by atoms with E-state index in [0.717, 1.165) is 11.3 Å². The van der Waals surface area contributed by atoms with Gasteiger partial charge in [0.25, 0.3) is 0 Å². The first-order valence-corrected chi connectivity index (χ1v) is 7.38. The molecule has 0 heterocycles. The lowest BCUT2D eigenvalue weighted by Crippen LogP contribution is -2.34. The second kappa shape index (κ2) is 7.92. The Hall–Kier alpha value is -1.91. The summed E-state index contributed by atoms with van der Waals surface area (Å²) in [5.41, 5.74) is 1.01. The third-order valence-corrected chi connectivity index (χ3v) is 3.70. The van der Waals surface area contributed by atoms with Crippen LogP contribution in [0.25, 0.3) is 0 Å². The van der Waals surface area contributed by atoms with E-state index in [9.17, 15) is 9.50 Å². The van der Waals surface area contributed by atoms with Gasteiger partial charge in [0.15, 0.2) is 0 Å². The number of aliphatic hydroxyl groups is 1. The molecule has 0 spiro atoms. The zero-order valence-electron chi connectivity index (χ0n) is 12.9. The molecule has 2 unspecified atom stereocenters. The highest BCUT2D eigenvalue weighted by atomic mass is 19.1. The van der Waals surface area contributed by atoms with Gasteiger partial charge in [-0.25, -0.2) is 4.39 Å². The Morgan fingerprint density at radius 1 is 1.09 bits per heavy atom. The first kappa shape index (κ1) is 16.5. The number of para-hydroxylation sites is 1. The normalized spacial score (nSPS) is 13.9. The minimum Gasteiger partial charge on any atom is -0.491 e. The second-order valence-corrected chi connectivity index (χ2v) is 5.44. The maximum Gasteiger partial charge on any atom is 0.123 e. The Balaban J connectivity index is 1.82. The lowest BCUT2D eigenvalue weighted by Gasteiger charge is -2.27. The van der Waals surface area contributed by atoms with E-state index in [1.54, 1.807) is 12.1 Å². The molecule has 3 nitrogen and oxygen atoms in total. The van der Waals surface area contributed by atoms with Gasteiger partial charge in [0, 0.05) is 12.6 Å². The molecule has 0 aliphatic rings. The van der Waals surface area contributed by atoms with Crippen LogP contribution in [0.3, 0.4) is 0 Å². The van der Waals surface area contributed by atoms with Crippen molar-refractivity contribution >= 4 is 0 Å². The molecular weight excluding hydrogens is 281 g/mol. The van der Waals surface area contributed by atoms with Gasteiger partial charge in [0.05, 0.1) is 0 Å². The molecule has 2 rings (SSSR count). The van der Waals surface area contributed by atoms with Crippen LogP contribution in [-0.2, 0) is 0 Å². The number of ether oxygens (including phenoxy) is 1. The van der Waals surface area contributed by atoms with Gasteiger partial charge in [-0.3, -0.25) is 4.90 Å². The van der Waals surface area contributed by atoms with E-state index >= 15 is 0 Å². The Morgan fingerprint density at radius 2 is 1.73 bits per heavy atom. The van der Waals surface area contributed by atoms with Gasteiger partial charge in [-0.1, -0.05) is 30.3 Å². The smallest absolute Gasteiger partial charge is 0.123 e. The molecule has 4 heteroatoms. The third kappa shape index (κ3) is 4.83. The monoisotopic (exact) mass is 303 g/mol. The summed E-state index contributed by atoms with van der Waals surface area (Å²) in [6.45, 7) is 2.74. The maximum atomic E-state index is 13.0. The van der Waals surface area contributed by atoms with Crippen LogP contribution < -0.4 is 4.74 Å². The van der Waals surface area contributed by atoms with Crippen LogP contribution in [0.5, 0.6) is 5.75 Å². The van der Waals surface area contributed by atoms with E-state index in [-0.39, 0.29) is 18.5 Å². The van der Waals surface area contributed by atoms with Gasteiger partial charge in [-0.15, -0.1) is 0 Å². The van der Waals surface area contributed by atoms with Gasteiger partial charge in [0.2, 0.25) is 0 Å². The Morgan fingerprint density at radius 3 is 2.36 bits per heavy atom. The van der Waals surface area contributed by atoms with Crippen LogP contribution in [0.2, 0.25) is 0 Å². The van der Waals surface area contributed by atoms with Crippen molar-refractivity contribution in [2.24, 2.45) is 0 Å². The van der Waals surface area contributed by atoms with Crippen molar-refractivity contribution in [3.05, 3.63) is 66.0 Å². The summed E-state index contributed by atoms with van der Waals surface area (Å²) in [5, 5.41) is 10.1. The van der Waals surface area contributed by atoms with Crippen molar-refractivity contribution in [3.8, 4) is 5.75 Å². The zero-order chi connectivity index (χ0) is 15.9. The SMILES string of the molecule is CC(c1ccc(F)cc1)N(C)CC(O)COc1ccccc1. The summed E-state index contributed by atoms with van der Waals surface area (Å²) in [6.07, 6.45) is -0.590. The molecule has 2 aromatic rings. The largest absolute Gasteiger partial charge is 0.491 e. The molecule has 0 aromatic heterocycles. The molecule has 0 amide bonds. The number of aliphatic hydroxyl groups excluding tert-OH is 1.